The van der Waals surface area contributed by atoms with Gasteiger partial charge >= 0.3 is 29.0 Å². The fraction of sp³-hybridized carbons (Fsp3) is 0.750. The van der Waals surface area contributed by atoms with Crippen LogP contribution in [-0.2, 0) is 4.79 Å². The molecule has 0 saturated carbocycles. The van der Waals surface area contributed by atoms with Crippen molar-refractivity contribution in [3.8, 4) is 0 Å². The highest BCUT2D eigenvalue weighted by Crippen LogP contribution is 1.82. The lowest BCUT2D eigenvalue weighted by Crippen LogP contribution is -1.90. The van der Waals surface area contributed by atoms with Gasteiger partial charge in [-0.3, -0.25) is 4.79 Å². The molecule has 40 valence electrons. The first-order chi connectivity index (χ1) is 2.77. The monoisotopic (exact) mass is 114 g/mol. The van der Waals surface area contributed by atoms with Crippen LogP contribution in [0.1, 0.15) is 19.8 Å². The molecule has 0 bridgehead atoms. The van der Waals surface area contributed by atoms with E-state index in [1.165, 1.54) is 0 Å². The first-order valence-corrected chi connectivity index (χ1v) is 1.99. The van der Waals surface area contributed by atoms with Gasteiger partial charge in [-0.25, -0.2) is 0 Å². The molecule has 0 rings (SSSR count). The molecule has 0 spiro atoms. The average molecular weight is 114 g/mol. The van der Waals surface area contributed by atoms with Crippen molar-refractivity contribution in [2.24, 2.45) is 0 Å². The SMILES string of the molecule is CCCC(=O)O.[MgH2]. The summed E-state index contributed by atoms with van der Waals surface area (Å²) >= 11 is 0. The fourth-order valence-electron chi connectivity index (χ4n) is 0.214. The Morgan fingerprint density at radius 2 is 2.14 bits per heavy atom. The molecule has 0 saturated heterocycles. The molecule has 0 unspecified atom stereocenters. The Hall–Kier alpha value is 0.236. The molecule has 0 aliphatic rings. The second-order valence-corrected chi connectivity index (χ2v) is 1.14. The summed E-state index contributed by atoms with van der Waals surface area (Å²) in [6.07, 6.45) is 1.02. The summed E-state index contributed by atoms with van der Waals surface area (Å²) in [4.78, 5) is 9.60. The Labute approximate surface area is 59.1 Å². The highest BCUT2D eigenvalue weighted by Gasteiger charge is 1.87. The van der Waals surface area contributed by atoms with Crippen molar-refractivity contribution >= 4 is 29.0 Å². The molecule has 1 N–H and O–H groups in total. The summed E-state index contributed by atoms with van der Waals surface area (Å²) in [7, 11) is 0. The van der Waals surface area contributed by atoms with Crippen molar-refractivity contribution in [3.05, 3.63) is 0 Å². The summed E-state index contributed by atoms with van der Waals surface area (Å²) in [6.45, 7) is 1.84. The summed E-state index contributed by atoms with van der Waals surface area (Å²) in [5.74, 6) is -0.711. The fourth-order valence-corrected chi connectivity index (χ4v) is 0.214. The molecule has 0 amide bonds. The molecule has 0 aliphatic heterocycles. The lowest BCUT2D eigenvalue weighted by molar-refractivity contribution is -0.137. The van der Waals surface area contributed by atoms with Gasteiger partial charge in [0.15, 0.2) is 0 Å². The largest absolute Gasteiger partial charge is 0.481 e. The van der Waals surface area contributed by atoms with E-state index in [1.807, 2.05) is 6.92 Å². The van der Waals surface area contributed by atoms with Crippen LogP contribution in [0.2, 0.25) is 0 Å². The third kappa shape index (κ3) is 10.7. The van der Waals surface area contributed by atoms with Crippen LogP contribution in [0, 0.1) is 0 Å². The van der Waals surface area contributed by atoms with Gasteiger partial charge in [0.2, 0.25) is 0 Å². The second kappa shape index (κ2) is 6.24. The molecule has 0 aliphatic carbocycles. The van der Waals surface area contributed by atoms with Crippen molar-refractivity contribution in [2.45, 2.75) is 19.8 Å². The number of carboxylic acids is 1. The van der Waals surface area contributed by atoms with Crippen LogP contribution < -0.4 is 0 Å². The minimum atomic E-state index is -0.711. The third-order valence-electron chi connectivity index (χ3n) is 0.464. The van der Waals surface area contributed by atoms with Gasteiger partial charge in [-0.05, 0) is 6.42 Å². The van der Waals surface area contributed by atoms with Crippen molar-refractivity contribution in [3.63, 3.8) is 0 Å². The molecular formula is C4H10MgO2. The predicted molar refractivity (Wildman–Crippen MR) is 31.1 cm³/mol. The zero-order chi connectivity index (χ0) is 4.99. The zero-order valence-electron chi connectivity index (χ0n) is 3.77. The third-order valence-corrected chi connectivity index (χ3v) is 0.464. The van der Waals surface area contributed by atoms with E-state index in [0.717, 1.165) is 6.42 Å². The van der Waals surface area contributed by atoms with Gasteiger partial charge in [-0.15, -0.1) is 0 Å². The van der Waals surface area contributed by atoms with Gasteiger partial charge in [0.25, 0.3) is 0 Å². The number of hydrogen-bond donors (Lipinski definition) is 1. The number of hydrogen-bond acceptors (Lipinski definition) is 1. The van der Waals surface area contributed by atoms with Crippen LogP contribution in [0.4, 0.5) is 0 Å². The highest BCUT2D eigenvalue weighted by atomic mass is 24.3. The van der Waals surface area contributed by atoms with Gasteiger partial charge in [0.1, 0.15) is 0 Å². The topological polar surface area (TPSA) is 37.3 Å². The van der Waals surface area contributed by atoms with Crippen LogP contribution >= 0.6 is 0 Å². The van der Waals surface area contributed by atoms with E-state index in [4.69, 9.17) is 5.11 Å². The number of carboxylic acid groups (broad SMARTS) is 1. The maximum absolute atomic E-state index is 9.60. The predicted octanol–water partition coefficient (Wildman–Crippen LogP) is -0.0451. The summed E-state index contributed by atoms with van der Waals surface area (Å²) in [6, 6.07) is 0. The van der Waals surface area contributed by atoms with E-state index in [1.54, 1.807) is 0 Å². The molecule has 0 fully saturated rings. The van der Waals surface area contributed by atoms with Gasteiger partial charge in [0, 0.05) is 6.42 Å². The molecular weight excluding hydrogens is 104 g/mol. The van der Waals surface area contributed by atoms with Crippen molar-refractivity contribution in [1.82, 2.24) is 0 Å². The van der Waals surface area contributed by atoms with Crippen LogP contribution in [-0.4, -0.2) is 34.1 Å². The lowest BCUT2D eigenvalue weighted by atomic mass is 10.4. The van der Waals surface area contributed by atoms with Crippen molar-refractivity contribution < 1.29 is 9.90 Å². The minimum absolute atomic E-state index is 0. The lowest BCUT2D eigenvalue weighted by Gasteiger charge is -1.79. The summed E-state index contributed by atoms with van der Waals surface area (Å²) in [5, 5.41) is 7.91. The maximum atomic E-state index is 9.60. The van der Waals surface area contributed by atoms with Crippen molar-refractivity contribution in [1.29, 1.82) is 0 Å². The molecule has 0 aromatic carbocycles. The number of rotatable bonds is 2. The Bertz CT molecular complexity index is 53.7. The van der Waals surface area contributed by atoms with Gasteiger partial charge in [-0.2, -0.15) is 0 Å². The molecule has 0 aromatic rings. The Morgan fingerprint density at radius 3 is 2.14 bits per heavy atom. The van der Waals surface area contributed by atoms with E-state index >= 15 is 0 Å². The van der Waals surface area contributed by atoms with Crippen LogP contribution in [0.5, 0.6) is 0 Å². The minimum Gasteiger partial charge on any atom is -0.481 e. The maximum Gasteiger partial charge on any atom is 0.316 e. The van der Waals surface area contributed by atoms with E-state index in [9.17, 15) is 4.79 Å². The normalized spacial score (nSPS) is 7.00. The molecule has 7 heavy (non-hydrogen) atoms. The van der Waals surface area contributed by atoms with E-state index < -0.39 is 5.97 Å². The molecule has 0 radical (unpaired) electrons. The van der Waals surface area contributed by atoms with Crippen LogP contribution in [0.25, 0.3) is 0 Å². The molecule has 0 heterocycles. The van der Waals surface area contributed by atoms with E-state index in [2.05, 4.69) is 0 Å². The van der Waals surface area contributed by atoms with Gasteiger partial charge in [-0.1, -0.05) is 6.92 Å². The number of aliphatic carboxylic acids is 1. The molecule has 0 atom stereocenters. The van der Waals surface area contributed by atoms with Gasteiger partial charge < -0.3 is 5.11 Å². The van der Waals surface area contributed by atoms with Crippen LogP contribution in [0.3, 0.4) is 0 Å². The average Bonchev–Trinajstić information content (AvgIpc) is 1.35. The molecule has 0 aromatic heterocycles. The molecule has 3 heteroatoms. The van der Waals surface area contributed by atoms with E-state index in [-0.39, 0.29) is 23.1 Å². The summed E-state index contributed by atoms with van der Waals surface area (Å²) in [5.41, 5.74) is 0. The first kappa shape index (κ1) is 10.3. The van der Waals surface area contributed by atoms with Crippen LogP contribution in [0.15, 0.2) is 0 Å². The quantitative estimate of drug-likeness (QED) is 0.511. The Morgan fingerprint density at radius 1 is 1.71 bits per heavy atom. The zero-order valence-corrected chi connectivity index (χ0v) is 3.77. The van der Waals surface area contributed by atoms with E-state index in [0.29, 0.717) is 6.42 Å². The highest BCUT2D eigenvalue weighted by molar-refractivity contribution is 5.75. The first-order valence-electron chi connectivity index (χ1n) is 1.99. The molecule has 2 nitrogen and oxygen atoms in total. The van der Waals surface area contributed by atoms with Crippen molar-refractivity contribution in [2.75, 3.05) is 0 Å². The smallest absolute Gasteiger partial charge is 0.316 e. The second-order valence-electron chi connectivity index (χ2n) is 1.14. The summed E-state index contributed by atoms with van der Waals surface area (Å²) < 4.78 is 0. The Kier molecular flexibility index (Phi) is 9.14. The number of carbonyl (C=O) groups is 1. The standard InChI is InChI=1S/C4H8O2.Mg.2H/c1-2-3-4(5)6;;;/h2-3H2,1H3,(H,5,6);;;. The Balaban J connectivity index is 0. The van der Waals surface area contributed by atoms with Gasteiger partial charge in [0.05, 0.1) is 0 Å².